The molecule has 2 N–H and O–H groups in total. The van der Waals surface area contributed by atoms with Crippen LogP contribution in [0.2, 0.25) is 0 Å². The van der Waals surface area contributed by atoms with Crippen molar-refractivity contribution in [1.29, 1.82) is 0 Å². The first-order valence-electron chi connectivity index (χ1n) is 8.56. The van der Waals surface area contributed by atoms with Gasteiger partial charge >= 0.3 is 0 Å². The van der Waals surface area contributed by atoms with Crippen molar-refractivity contribution in [2.45, 2.75) is 19.3 Å². The van der Waals surface area contributed by atoms with Gasteiger partial charge in [-0.25, -0.2) is 0 Å². The lowest BCUT2D eigenvalue weighted by Gasteiger charge is -2.28. The zero-order valence-electron chi connectivity index (χ0n) is 14.5. The number of aliphatic hydroxyl groups is 2. The summed E-state index contributed by atoms with van der Waals surface area (Å²) in [5.74, 6) is 0. The molecule has 136 valence electrons. The van der Waals surface area contributed by atoms with Gasteiger partial charge in [0.15, 0.2) is 0 Å². The zero-order valence-corrected chi connectivity index (χ0v) is 14.5. The Bertz CT molecular complexity index is 523. The molecular weight excluding hydrogens is 318 g/mol. The number of ether oxygens (including phenoxy) is 2. The van der Waals surface area contributed by atoms with Crippen LogP contribution in [0.1, 0.15) is 11.1 Å². The Hall–Kier alpha value is -1.76. The number of benzene rings is 2. The molecule has 0 saturated carbocycles. The summed E-state index contributed by atoms with van der Waals surface area (Å²) in [6.45, 7) is 2.60. The first kappa shape index (κ1) is 19.6. The van der Waals surface area contributed by atoms with E-state index in [9.17, 15) is 5.11 Å². The summed E-state index contributed by atoms with van der Waals surface area (Å²) in [5.41, 5.74) is 2.28. The Morgan fingerprint density at radius 1 is 0.760 bits per heavy atom. The van der Waals surface area contributed by atoms with Gasteiger partial charge in [0.05, 0.1) is 33.0 Å². The van der Waals surface area contributed by atoms with E-state index in [2.05, 4.69) is 0 Å². The van der Waals surface area contributed by atoms with Crippen molar-refractivity contribution in [1.82, 2.24) is 4.90 Å². The molecule has 25 heavy (non-hydrogen) atoms. The Morgan fingerprint density at radius 3 is 1.80 bits per heavy atom. The molecule has 0 heterocycles. The van der Waals surface area contributed by atoms with E-state index in [4.69, 9.17) is 14.6 Å². The van der Waals surface area contributed by atoms with Gasteiger partial charge in [-0.1, -0.05) is 60.7 Å². The molecule has 2 rings (SSSR count). The fourth-order valence-corrected chi connectivity index (χ4v) is 2.48. The second-order valence-electron chi connectivity index (χ2n) is 5.77. The molecule has 5 heteroatoms. The van der Waals surface area contributed by atoms with Crippen LogP contribution in [-0.2, 0) is 22.6 Å². The summed E-state index contributed by atoms with van der Waals surface area (Å²) in [5, 5.41) is 19.2. The van der Waals surface area contributed by atoms with Gasteiger partial charge < -0.3 is 19.7 Å². The van der Waals surface area contributed by atoms with Crippen molar-refractivity contribution in [2.75, 3.05) is 33.0 Å². The lowest BCUT2D eigenvalue weighted by atomic mass is 10.1. The van der Waals surface area contributed by atoms with Gasteiger partial charge in [-0.2, -0.15) is 0 Å². The van der Waals surface area contributed by atoms with Gasteiger partial charge in [-0.3, -0.25) is 4.90 Å². The predicted molar refractivity (Wildman–Crippen MR) is 96.9 cm³/mol. The third-order valence-electron chi connectivity index (χ3n) is 3.75. The van der Waals surface area contributed by atoms with E-state index in [1.807, 2.05) is 65.6 Å². The van der Waals surface area contributed by atoms with Crippen molar-refractivity contribution >= 4 is 0 Å². The van der Waals surface area contributed by atoms with E-state index in [-0.39, 0.29) is 13.2 Å². The molecule has 0 saturated heterocycles. The summed E-state index contributed by atoms with van der Waals surface area (Å²) >= 11 is 0. The molecule has 2 aromatic carbocycles. The van der Waals surface area contributed by atoms with E-state index in [0.29, 0.717) is 32.9 Å². The molecule has 1 unspecified atom stereocenters. The van der Waals surface area contributed by atoms with Crippen molar-refractivity contribution < 1.29 is 19.7 Å². The Kier molecular flexibility index (Phi) is 9.18. The highest BCUT2D eigenvalue weighted by molar-refractivity contribution is 5.17. The van der Waals surface area contributed by atoms with Crippen molar-refractivity contribution in [3.8, 4) is 0 Å². The van der Waals surface area contributed by atoms with Gasteiger partial charge in [0, 0.05) is 13.1 Å². The van der Waals surface area contributed by atoms with Crippen molar-refractivity contribution in [2.24, 2.45) is 0 Å². The number of aliphatic hydroxyl groups excluding tert-OH is 2. The molecule has 0 bridgehead atoms. The van der Waals surface area contributed by atoms with Gasteiger partial charge in [-0.05, 0) is 11.1 Å². The monoisotopic (exact) mass is 345 g/mol. The highest BCUT2D eigenvalue weighted by Crippen LogP contribution is 2.12. The molecule has 0 aliphatic carbocycles. The molecule has 0 aliphatic heterocycles. The first-order chi connectivity index (χ1) is 12.3. The summed E-state index contributed by atoms with van der Waals surface area (Å²) in [4.78, 5) is 1.99. The standard InChI is InChI=1S/C20H27NO4/c22-11-12-24-13-14-25-17-20(23)21(15-18-7-3-1-4-8-18)16-19-9-5-2-6-10-19/h1-10,20,22-23H,11-17H2. The summed E-state index contributed by atoms with van der Waals surface area (Å²) in [7, 11) is 0. The minimum absolute atomic E-state index is 0.00452. The van der Waals surface area contributed by atoms with Gasteiger partial charge in [0.2, 0.25) is 0 Å². The maximum Gasteiger partial charge on any atom is 0.131 e. The van der Waals surface area contributed by atoms with E-state index < -0.39 is 6.23 Å². The molecule has 0 fully saturated rings. The fourth-order valence-electron chi connectivity index (χ4n) is 2.48. The Labute approximate surface area is 149 Å². The van der Waals surface area contributed by atoms with Crippen molar-refractivity contribution in [3.05, 3.63) is 71.8 Å². The third-order valence-corrected chi connectivity index (χ3v) is 3.75. The van der Waals surface area contributed by atoms with Crippen LogP contribution < -0.4 is 0 Å². The quantitative estimate of drug-likeness (QED) is 0.455. The molecule has 0 amide bonds. The number of hydrogen-bond acceptors (Lipinski definition) is 5. The lowest BCUT2D eigenvalue weighted by molar-refractivity contribution is -0.0755. The van der Waals surface area contributed by atoms with E-state index in [0.717, 1.165) is 11.1 Å². The average Bonchev–Trinajstić information content (AvgIpc) is 2.65. The highest BCUT2D eigenvalue weighted by Gasteiger charge is 2.16. The van der Waals surface area contributed by atoms with Gasteiger partial charge in [0.25, 0.3) is 0 Å². The maximum absolute atomic E-state index is 10.6. The van der Waals surface area contributed by atoms with Crippen LogP contribution in [0, 0.1) is 0 Å². The molecule has 2 aromatic rings. The molecule has 0 spiro atoms. The van der Waals surface area contributed by atoms with Gasteiger partial charge in [0.1, 0.15) is 6.23 Å². The van der Waals surface area contributed by atoms with Crippen LogP contribution in [0.15, 0.2) is 60.7 Å². The Balaban J connectivity index is 1.88. The molecule has 5 nitrogen and oxygen atoms in total. The topological polar surface area (TPSA) is 62.2 Å². The minimum atomic E-state index is -0.710. The van der Waals surface area contributed by atoms with Crippen LogP contribution in [0.25, 0.3) is 0 Å². The Morgan fingerprint density at radius 2 is 1.28 bits per heavy atom. The second-order valence-corrected chi connectivity index (χ2v) is 5.77. The molecule has 0 radical (unpaired) electrons. The predicted octanol–water partition coefficient (Wildman–Crippen LogP) is 2.03. The van der Waals surface area contributed by atoms with Crippen LogP contribution in [0.5, 0.6) is 0 Å². The van der Waals surface area contributed by atoms with E-state index >= 15 is 0 Å². The highest BCUT2D eigenvalue weighted by atomic mass is 16.5. The summed E-state index contributed by atoms with van der Waals surface area (Å²) < 4.78 is 10.6. The van der Waals surface area contributed by atoms with Crippen molar-refractivity contribution in [3.63, 3.8) is 0 Å². The van der Waals surface area contributed by atoms with Crippen LogP contribution >= 0.6 is 0 Å². The summed E-state index contributed by atoms with van der Waals surface area (Å²) in [6.07, 6.45) is -0.710. The fraction of sp³-hybridized carbons (Fsp3) is 0.400. The number of hydrogen-bond donors (Lipinski definition) is 2. The van der Waals surface area contributed by atoms with E-state index in [1.54, 1.807) is 0 Å². The average molecular weight is 345 g/mol. The SMILES string of the molecule is OCCOCCOCC(O)N(Cc1ccccc1)Cc1ccccc1. The van der Waals surface area contributed by atoms with E-state index in [1.165, 1.54) is 0 Å². The largest absolute Gasteiger partial charge is 0.394 e. The normalized spacial score (nSPS) is 12.4. The minimum Gasteiger partial charge on any atom is -0.394 e. The molecular formula is C20H27NO4. The van der Waals surface area contributed by atoms with Crippen LogP contribution in [-0.4, -0.2) is 54.4 Å². The number of rotatable bonds is 12. The second kappa shape index (κ2) is 11.7. The molecule has 0 aliphatic rings. The lowest BCUT2D eigenvalue weighted by Crippen LogP contribution is -2.38. The molecule has 0 aromatic heterocycles. The third kappa shape index (κ3) is 7.77. The number of nitrogens with zero attached hydrogens (tertiary/aromatic N) is 1. The zero-order chi connectivity index (χ0) is 17.7. The maximum atomic E-state index is 10.6. The molecule has 1 atom stereocenters. The van der Waals surface area contributed by atoms with Gasteiger partial charge in [-0.15, -0.1) is 0 Å². The van der Waals surface area contributed by atoms with Crippen LogP contribution in [0.3, 0.4) is 0 Å². The smallest absolute Gasteiger partial charge is 0.131 e. The summed E-state index contributed by atoms with van der Waals surface area (Å²) in [6, 6.07) is 20.2. The first-order valence-corrected chi connectivity index (χ1v) is 8.56. The van der Waals surface area contributed by atoms with Crippen LogP contribution in [0.4, 0.5) is 0 Å².